The highest BCUT2D eigenvalue weighted by atomic mass is 16.3. The predicted octanol–water partition coefficient (Wildman–Crippen LogP) is 2.48. The van der Waals surface area contributed by atoms with Crippen LogP contribution in [0.15, 0.2) is 41.3 Å². The molecule has 0 aliphatic carbocycles. The molecule has 0 atom stereocenters. The average molecular weight is 213 g/mol. The summed E-state index contributed by atoms with van der Waals surface area (Å²) in [7, 11) is 0. The van der Waals surface area contributed by atoms with Gasteiger partial charge in [0.25, 0.3) is 0 Å². The lowest BCUT2D eigenvalue weighted by molar-refractivity contribution is 0.568. The molecule has 0 bridgehead atoms. The van der Waals surface area contributed by atoms with Gasteiger partial charge in [0.1, 0.15) is 17.2 Å². The molecular weight excluding hydrogens is 202 g/mol. The molecular formula is C12H11N3O. The summed E-state index contributed by atoms with van der Waals surface area (Å²) in [6.07, 6.45) is 5.17. The van der Waals surface area contributed by atoms with Crippen molar-refractivity contribution in [2.24, 2.45) is 0 Å². The SMILES string of the molecule is Cc1cccn2c(N)c(-c3ccoc3)nc12. The molecule has 0 saturated carbocycles. The van der Waals surface area contributed by atoms with Crippen molar-refractivity contribution in [2.75, 3.05) is 5.73 Å². The summed E-state index contributed by atoms with van der Waals surface area (Å²) in [4.78, 5) is 4.53. The summed E-state index contributed by atoms with van der Waals surface area (Å²) < 4.78 is 6.93. The van der Waals surface area contributed by atoms with Crippen LogP contribution in [0.2, 0.25) is 0 Å². The lowest BCUT2D eigenvalue weighted by atomic mass is 10.2. The van der Waals surface area contributed by atoms with Gasteiger partial charge < -0.3 is 10.2 Å². The first-order valence-electron chi connectivity index (χ1n) is 5.03. The third kappa shape index (κ3) is 1.13. The average Bonchev–Trinajstić information content (AvgIpc) is 2.88. The van der Waals surface area contributed by atoms with Crippen LogP contribution in [0.5, 0.6) is 0 Å². The maximum atomic E-state index is 6.06. The number of hydrogen-bond acceptors (Lipinski definition) is 3. The Morgan fingerprint density at radius 1 is 1.38 bits per heavy atom. The van der Waals surface area contributed by atoms with Gasteiger partial charge in [0.05, 0.1) is 12.5 Å². The fourth-order valence-corrected chi connectivity index (χ4v) is 1.83. The highest BCUT2D eigenvalue weighted by Gasteiger charge is 2.12. The summed E-state index contributed by atoms with van der Waals surface area (Å²) in [6, 6.07) is 5.83. The summed E-state index contributed by atoms with van der Waals surface area (Å²) in [5.41, 5.74) is 9.71. The van der Waals surface area contributed by atoms with Crippen LogP contribution in [0.1, 0.15) is 5.56 Å². The van der Waals surface area contributed by atoms with E-state index in [2.05, 4.69) is 4.98 Å². The number of furan rings is 1. The van der Waals surface area contributed by atoms with E-state index in [4.69, 9.17) is 10.2 Å². The number of anilines is 1. The molecule has 0 aliphatic rings. The summed E-state index contributed by atoms with van der Waals surface area (Å²) in [5, 5.41) is 0. The molecule has 3 aromatic heterocycles. The lowest BCUT2D eigenvalue weighted by Gasteiger charge is -1.97. The number of fused-ring (bicyclic) bond motifs is 1. The maximum Gasteiger partial charge on any atom is 0.142 e. The Morgan fingerprint density at radius 2 is 2.25 bits per heavy atom. The second-order valence-electron chi connectivity index (χ2n) is 3.74. The fourth-order valence-electron chi connectivity index (χ4n) is 1.83. The van der Waals surface area contributed by atoms with E-state index < -0.39 is 0 Å². The first-order valence-corrected chi connectivity index (χ1v) is 5.03. The van der Waals surface area contributed by atoms with E-state index in [1.807, 2.05) is 35.7 Å². The molecule has 0 aliphatic heterocycles. The molecule has 0 amide bonds. The molecule has 0 radical (unpaired) electrons. The van der Waals surface area contributed by atoms with E-state index in [0.29, 0.717) is 5.82 Å². The van der Waals surface area contributed by atoms with Gasteiger partial charge in [-0.05, 0) is 24.6 Å². The van der Waals surface area contributed by atoms with Crippen LogP contribution in [-0.2, 0) is 0 Å². The molecule has 4 heteroatoms. The Bertz CT molecular complexity index is 638. The number of nitrogen functional groups attached to an aromatic ring is 1. The minimum absolute atomic E-state index is 0.639. The van der Waals surface area contributed by atoms with E-state index in [1.165, 1.54) is 0 Å². The number of hydrogen-bond donors (Lipinski definition) is 1. The Labute approximate surface area is 92.3 Å². The van der Waals surface area contributed by atoms with Crippen molar-refractivity contribution in [1.29, 1.82) is 0 Å². The number of nitrogens with two attached hydrogens (primary N) is 1. The molecule has 0 saturated heterocycles. The van der Waals surface area contributed by atoms with Gasteiger partial charge in [-0.1, -0.05) is 6.07 Å². The predicted molar refractivity (Wildman–Crippen MR) is 62.0 cm³/mol. The first-order chi connectivity index (χ1) is 7.77. The van der Waals surface area contributed by atoms with Crippen molar-refractivity contribution in [3.05, 3.63) is 42.5 Å². The van der Waals surface area contributed by atoms with Gasteiger partial charge in [0.15, 0.2) is 0 Å². The van der Waals surface area contributed by atoms with E-state index in [-0.39, 0.29) is 0 Å². The Kier molecular flexibility index (Phi) is 1.77. The number of imidazole rings is 1. The summed E-state index contributed by atoms with van der Waals surface area (Å²) in [6.45, 7) is 2.01. The van der Waals surface area contributed by atoms with Gasteiger partial charge in [-0.15, -0.1) is 0 Å². The zero-order valence-electron chi connectivity index (χ0n) is 8.84. The number of pyridine rings is 1. The Balaban J connectivity index is 2.36. The van der Waals surface area contributed by atoms with Crippen LogP contribution < -0.4 is 5.73 Å². The van der Waals surface area contributed by atoms with Crippen LogP contribution in [0.25, 0.3) is 16.9 Å². The molecule has 3 rings (SSSR count). The van der Waals surface area contributed by atoms with Crippen molar-refractivity contribution in [2.45, 2.75) is 6.92 Å². The van der Waals surface area contributed by atoms with Gasteiger partial charge >= 0.3 is 0 Å². The second kappa shape index (κ2) is 3.13. The normalized spacial score (nSPS) is 11.1. The van der Waals surface area contributed by atoms with Crippen LogP contribution in [0.4, 0.5) is 5.82 Å². The van der Waals surface area contributed by atoms with Crippen molar-refractivity contribution >= 4 is 11.5 Å². The number of rotatable bonds is 1. The minimum Gasteiger partial charge on any atom is -0.472 e. The molecule has 4 nitrogen and oxygen atoms in total. The molecule has 0 aromatic carbocycles. The Morgan fingerprint density at radius 3 is 2.94 bits per heavy atom. The standard InChI is InChI=1S/C12H11N3O/c1-8-3-2-5-15-11(13)10(14-12(8)15)9-4-6-16-7-9/h2-7H,13H2,1H3. The van der Waals surface area contributed by atoms with Gasteiger partial charge in [-0.3, -0.25) is 4.40 Å². The number of aromatic nitrogens is 2. The lowest BCUT2D eigenvalue weighted by Crippen LogP contribution is -1.93. The zero-order chi connectivity index (χ0) is 11.1. The second-order valence-corrected chi connectivity index (χ2v) is 3.74. The number of aryl methyl sites for hydroxylation is 1. The van der Waals surface area contributed by atoms with E-state index in [1.54, 1.807) is 12.5 Å². The topological polar surface area (TPSA) is 56.5 Å². The third-order valence-electron chi connectivity index (χ3n) is 2.68. The maximum absolute atomic E-state index is 6.06. The fraction of sp³-hybridized carbons (Fsp3) is 0.0833. The quantitative estimate of drug-likeness (QED) is 0.675. The molecule has 2 N–H and O–H groups in total. The van der Waals surface area contributed by atoms with Gasteiger partial charge in [-0.2, -0.15) is 0 Å². The van der Waals surface area contributed by atoms with Crippen molar-refractivity contribution < 1.29 is 4.42 Å². The van der Waals surface area contributed by atoms with Crippen LogP contribution >= 0.6 is 0 Å². The van der Waals surface area contributed by atoms with E-state index >= 15 is 0 Å². The van der Waals surface area contributed by atoms with Gasteiger partial charge in [0, 0.05) is 11.8 Å². The Hall–Kier alpha value is -2.23. The molecule has 3 heterocycles. The molecule has 80 valence electrons. The van der Waals surface area contributed by atoms with Crippen molar-refractivity contribution in [3.8, 4) is 11.3 Å². The molecule has 0 unspecified atom stereocenters. The van der Waals surface area contributed by atoms with E-state index in [0.717, 1.165) is 22.5 Å². The van der Waals surface area contributed by atoms with Crippen LogP contribution in [-0.4, -0.2) is 9.38 Å². The van der Waals surface area contributed by atoms with Crippen LogP contribution in [0, 0.1) is 6.92 Å². The summed E-state index contributed by atoms with van der Waals surface area (Å²) >= 11 is 0. The van der Waals surface area contributed by atoms with Gasteiger partial charge in [-0.25, -0.2) is 4.98 Å². The van der Waals surface area contributed by atoms with E-state index in [9.17, 15) is 0 Å². The summed E-state index contributed by atoms with van der Waals surface area (Å²) in [5.74, 6) is 0.639. The molecule has 3 aromatic rings. The largest absolute Gasteiger partial charge is 0.472 e. The highest BCUT2D eigenvalue weighted by molar-refractivity contribution is 5.75. The van der Waals surface area contributed by atoms with Crippen LogP contribution in [0.3, 0.4) is 0 Å². The molecule has 0 spiro atoms. The van der Waals surface area contributed by atoms with Crippen molar-refractivity contribution in [3.63, 3.8) is 0 Å². The smallest absolute Gasteiger partial charge is 0.142 e. The zero-order valence-corrected chi connectivity index (χ0v) is 8.84. The third-order valence-corrected chi connectivity index (χ3v) is 2.68. The highest BCUT2D eigenvalue weighted by Crippen LogP contribution is 2.27. The minimum atomic E-state index is 0.639. The van der Waals surface area contributed by atoms with Crippen molar-refractivity contribution in [1.82, 2.24) is 9.38 Å². The molecule has 16 heavy (non-hydrogen) atoms. The first kappa shape index (κ1) is 9.03. The monoisotopic (exact) mass is 213 g/mol. The van der Waals surface area contributed by atoms with Gasteiger partial charge in [0.2, 0.25) is 0 Å². The number of nitrogens with zero attached hydrogens (tertiary/aromatic N) is 2. The molecule has 0 fully saturated rings.